The summed E-state index contributed by atoms with van der Waals surface area (Å²) in [5.41, 5.74) is 1.60. The summed E-state index contributed by atoms with van der Waals surface area (Å²) < 4.78 is 2.02. The van der Waals surface area contributed by atoms with E-state index in [4.69, 9.17) is 0 Å². The topological polar surface area (TPSA) is 108 Å². The maximum absolute atomic E-state index is 11.8. The molecule has 3 rings (SSSR count). The number of hydrogen-bond acceptors (Lipinski definition) is 4. The zero-order valence-electron chi connectivity index (χ0n) is 12.1. The first kappa shape index (κ1) is 14.1. The van der Waals surface area contributed by atoms with E-state index in [1.807, 2.05) is 35.9 Å². The lowest BCUT2D eigenvalue weighted by molar-refractivity contribution is -0.120. The number of benzene rings is 1. The van der Waals surface area contributed by atoms with Gasteiger partial charge in [-0.05, 0) is 12.1 Å². The van der Waals surface area contributed by atoms with E-state index >= 15 is 0 Å². The minimum atomic E-state index is -0.414. The van der Waals surface area contributed by atoms with Gasteiger partial charge in [0.15, 0.2) is 0 Å². The number of aromatic nitrogens is 5. The van der Waals surface area contributed by atoms with E-state index in [-0.39, 0.29) is 12.3 Å². The largest absolute Gasteiger partial charge is 0.355 e. The zero-order valence-corrected chi connectivity index (χ0v) is 12.1. The molecule has 1 aromatic carbocycles. The van der Waals surface area contributed by atoms with Crippen LogP contribution in [0, 0.1) is 0 Å². The van der Waals surface area contributed by atoms with Crippen LogP contribution in [-0.2, 0) is 24.7 Å². The predicted octanol–water partition coefficient (Wildman–Crippen LogP) is -0.114. The van der Waals surface area contributed by atoms with E-state index in [0.717, 1.165) is 16.9 Å². The minimum Gasteiger partial charge on any atom is -0.355 e. The molecule has 0 atom stereocenters. The van der Waals surface area contributed by atoms with Crippen LogP contribution in [0.1, 0.15) is 11.6 Å². The number of nitrogens with zero attached hydrogens (tertiary/aromatic N) is 3. The predicted molar refractivity (Wildman–Crippen MR) is 80.3 cm³/mol. The van der Waals surface area contributed by atoms with Crippen molar-refractivity contribution in [1.82, 2.24) is 30.0 Å². The van der Waals surface area contributed by atoms with Crippen molar-refractivity contribution in [2.24, 2.45) is 7.05 Å². The molecule has 1 amide bonds. The Kier molecular flexibility index (Phi) is 3.73. The second-order valence-corrected chi connectivity index (χ2v) is 4.98. The van der Waals surface area contributed by atoms with Crippen molar-refractivity contribution in [2.45, 2.75) is 12.8 Å². The molecule has 8 heteroatoms. The molecule has 3 N–H and O–H groups in total. The zero-order chi connectivity index (χ0) is 15.5. The summed E-state index contributed by atoms with van der Waals surface area (Å²) in [6, 6.07) is 7.90. The van der Waals surface area contributed by atoms with Crippen LogP contribution in [0.3, 0.4) is 0 Å². The highest BCUT2D eigenvalue weighted by atomic mass is 16.2. The average molecular weight is 300 g/mol. The van der Waals surface area contributed by atoms with Crippen LogP contribution in [0.25, 0.3) is 11.0 Å². The van der Waals surface area contributed by atoms with Gasteiger partial charge in [0.2, 0.25) is 5.91 Å². The molecular weight excluding hydrogens is 284 g/mol. The first-order valence-electron chi connectivity index (χ1n) is 6.94. The fourth-order valence-corrected chi connectivity index (χ4v) is 2.34. The number of imidazole rings is 1. The van der Waals surface area contributed by atoms with Crippen LogP contribution in [0.5, 0.6) is 0 Å². The average Bonchev–Trinajstić information content (AvgIpc) is 3.04. The van der Waals surface area contributed by atoms with Gasteiger partial charge in [-0.15, -0.1) is 0 Å². The Bertz CT molecular complexity index is 859. The van der Waals surface area contributed by atoms with Crippen molar-refractivity contribution in [3.8, 4) is 0 Å². The standard InChI is InChI=1S/C14H16N6O2/c1-20-10-5-3-2-4-9(10)16-12(20)6-7-15-13(21)8-11-17-14(22)19-18-11/h2-5H,6-8H2,1H3,(H,15,21)(H2,17,18,19,22). The first-order chi connectivity index (χ1) is 10.6. The number of carbonyl (C=O) groups is 1. The van der Waals surface area contributed by atoms with Crippen molar-refractivity contribution in [3.63, 3.8) is 0 Å². The van der Waals surface area contributed by atoms with Gasteiger partial charge in [-0.3, -0.25) is 9.78 Å². The van der Waals surface area contributed by atoms with Gasteiger partial charge in [0.1, 0.15) is 11.6 Å². The number of aromatic amines is 2. The fourth-order valence-electron chi connectivity index (χ4n) is 2.34. The highest BCUT2D eigenvalue weighted by Gasteiger charge is 2.09. The number of nitrogens with one attached hydrogen (secondary N) is 3. The third kappa shape index (κ3) is 2.90. The molecule has 3 aromatic rings. The number of carbonyl (C=O) groups excluding carboxylic acids is 1. The monoisotopic (exact) mass is 300 g/mol. The van der Waals surface area contributed by atoms with Crippen molar-refractivity contribution < 1.29 is 4.79 Å². The van der Waals surface area contributed by atoms with Crippen LogP contribution in [0.4, 0.5) is 0 Å². The lowest BCUT2D eigenvalue weighted by atomic mass is 10.3. The molecule has 2 aromatic heterocycles. The molecule has 0 fully saturated rings. The maximum atomic E-state index is 11.8. The van der Waals surface area contributed by atoms with E-state index in [1.54, 1.807) is 0 Å². The fraction of sp³-hybridized carbons (Fsp3) is 0.286. The smallest absolute Gasteiger partial charge is 0.340 e. The molecule has 114 valence electrons. The summed E-state index contributed by atoms with van der Waals surface area (Å²) in [6.07, 6.45) is 0.676. The summed E-state index contributed by atoms with van der Waals surface area (Å²) in [4.78, 5) is 29.6. The van der Waals surface area contributed by atoms with Crippen LogP contribution in [0.15, 0.2) is 29.1 Å². The van der Waals surface area contributed by atoms with E-state index < -0.39 is 5.69 Å². The Hall–Kier alpha value is -2.90. The van der Waals surface area contributed by atoms with E-state index in [9.17, 15) is 9.59 Å². The Morgan fingerprint density at radius 1 is 1.36 bits per heavy atom. The highest BCUT2D eigenvalue weighted by molar-refractivity contribution is 5.78. The number of para-hydroxylation sites is 2. The van der Waals surface area contributed by atoms with Gasteiger partial charge in [0.05, 0.1) is 17.5 Å². The third-order valence-electron chi connectivity index (χ3n) is 3.43. The summed E-state index contributed by atoms with van der Waals surface area (Å²) in [5, 5.41) is 8.71. The van der Waals surface area contributed by atoms with Gasteiger partial charge in [0, 0.05) is 20.0 Å². The third-order valence-corrected chi connectivity index (χ3v) is 3.43. The molecule has 0 radical (unpaired) electrons. The Morgan fingerprint density at radius 3 is 2.91 bits per heavy atom. The second kappa shape index (κ2) is 5.84. The summed E-state index contributed by atoms with van der Waals surface area (Å²) >= 11 is 0. The Balaban J connectivity index is 1.56. The first-order valence-corrected chi connectivity index (χ1v) is 6.94. The number of aryl methyl sites for hydroxylation is 1. The molecule has 0 bridgehead atoms. The van der Waals surface area contributed by atoms with Crippen molar-refractivity contribution in [3.05, 3.63) is 46.4 Å². The van der Waals surface area contributed by atoms with Gasteiger partial charge < -0.3 is 9.88 Å². The second-order valence-electron chi connectivity index (χ2n) is 4.98. The molecule has 2 heterocycles. The molecule has 0 aliphatic heterocycles. The van der Waals surface area contributed by atoms with Crippen LogP contribution in [0.2, 0.25) is 0 Å². The Labute approximate surface area is 125 Å². The molecule has 0 spiro atoms. The number of hydrogen-bond donors (Lipinski definition) is 3. The normalized spacial score (nSPS) is 11.0. The van der Waals surface area contributed by atoms with E-state index in [0.29, 0.717) is 18.8 Å². The number of rotatable bonds is 5. The highest BCUT2D eigenvalue weighted by Crippen LogP contribution is 2.14. The molecule has 22 heavy (non-hydrogen) atoms. The Morgan fingerprint density at radius 2 is 2.18 bits per heavy atom. The van der Waals surface area contributed by atoms with Crippen molar-refractivity contribution >= 4 is 16.9 Å². The molecule has 0 unspecified atom stereocenters. The quantitative estimate of drug-likeness (QED) is 0.610. The minimum absolute atomic E-state index is 0.0429. The van der Waals surface area contributed by atoms with Crippen LogP contribution >= 0.6 is 0 Å². The van der Waals surface area contributed by atoms with Gasteiger partial charge in [0.25, 0.3) is 0 Å². The SMILES string of the molecule is Cn1c(CCNC(=O)Cc2n[nH]c(=O)[nH]2)nc2ccccc21. The molecular formula is C14H16N6O2. The number of amides is 1. The molecule has 0 saturated carbocycles. The lowest BCUT2D eigenvalue weighted by Crippen LogP contribution is -2.28. The van der Waals surface area contributed by atoms with Crippen LogP contribution < -0.4 is 11.0 Å². The van der Waals surface area contributed by atoms with Gasteiger partial charge in [-0.2, -0.15) is 5.10 Å². The van der Waals surface area contributed by atoms with Gasteiger partial charge in [-0.1, -0.05) is 12.1 Å². The molecule has 0 aliphatic carbocycles. The molecule has 8 nitrogen and oxygen atoms in total. The van der Waals surface area contributed by atoms with Gasteiger partial charge >= 0.3 is 5.69 Å². The summed E-state index contributed by atoms with van der Waals surface area (Å²) in [6.45, 7) is 0.477. The van der Waals surface area contributed by atoms with Crippen molar-refractivity contribution in [2.75, 3.05) is 6.54 Å². The van der Waals surface area contributed by atoms with E-state index in [1.165, 1.54) is 0 Å². The van der Waals surface area contributed by atoms with Gasteiger partial charge in [-0.25, -0.2) is 14.9 Å². The number of H-pyrrole nitrogens is 2. The lowest BCUT2D eigenvalue weighted by Gasteiger charge is -2.04. The summed E-state index contributed by atoms with van der Waals surface area (Å²) in [7, 11) is 1.96. The number of fused-ring (bicyclic) bond motifs is 1. The van der Waals surface area contributed by atoms with Crippen molar-refractivity contribution in [1.29, 1.82) is 0 Å². The summed E-state index contributed by atoms with van der Waals surface area (Å²) in [5.74, 6) is 1.04. The van der Waals surface area contributed by atoms with E-state index in [2.05, 4.69) is 25.5 Å². The van der Waals surface area contributed by atoms with Crippen LogP contribution in [-0.4, -0.2) is 37.2 Å². The molecule has 0 saturated heterocycles. The maximum Gasteiger partial charge on any atom is 0.340 e. The molecule has 0 aliphatic rings.